The molecule has 0 aliphatic heterocycles. The fraction of sp³-hybridized carbons (Fsp3) is 0.600. The molecule has 1 atom stereocenters. The number of hydrogen-bond donors (Lipinski definition) is 1. The molecule has 1 fully saturated rings. The predicted octanol–water partition coefficient (Wildman–Crippen LogP) is 3.61. The van der Waals surface area contributed by atoms with Gasteiger partial charge in [0.15, 0.2) is 9.84 Å². The van der Waals surface area contributed by atoms with Gasteiger partial charge in [0, 0.05) is 12.3 Å². The molecule has 0 heterocycles. The minimum Gasteiger partial charge on any atom is -0.380 e. The Bertz CT molecular complexity index is 596. The van der Waals surface area contributed by atoms with Gasteiger partial charge in [0.25, 0.3) is 0 Å². The van der Waals surface area contributed by atoms with Crippen LogP contribution in [0.3, 0.4) is 0 Å². The monoisotopic (exact) mass is 299 g/mol. The van der Waals surface area contributed by atoms with Crippen LogP contribution in [0.25, 0.3) is 0 Å². The highest BCUT2D eigenvalue weighted by Crippen LogP contribution is 2.36. The largest absolute Gasteiger partial charge is 0.380 e. The zero-order valence-corrected chi connectivity index (χ0v) is 13.1. The molecule has 0 radical (unpaired) electrons. The van der Waals surface area contributed by atoms with Gasteiger partial charge in [-0.25, -0.2) is 12.8 Å². The number of benzene rings is 1. The van der Waals surface area contributed by atoms with Crippen molar-refractivity contribution >= 4 is 15.5 Å². The molecule has 0 saturated heterocycles. The van der Waals surface area contributed by atoms with Crippen molar-refractivity contribution in [2.75, 3.05) is 11.6 Å². The van der Waals surface area contributed by atoms with E-state index in [-0.39, 0.29) is 22.0 Å². The molecule has 1 N–H and O–H groups in total. The van der Waals surface area contributed by atoms with Gasteiger partial charge in [-0.3, -0.25) is 0 Å². The third kappa shape index (κ3) is 3.72. The molecule has 1 unspecified atom stereocenters. The number of hydrogen-bond acceptors (Lipinski definition) is 3. The van der Waals surface area contributed by atoms with E-state index in [1.807, 2.05) is 0 Å². The Labute approximate surface area is 120 Å². The zero-order chi connectivity index (χ0) is 15.0. The van der Waals surface area contributed by atoms with E-state index in [1.54, 1.807) is 0 Å². The molecule has 3 nitrogen and oxygen atoms in total. The van der Waals surface area contributed by atoms with Gasteiger partial charge < -0.3 is 5.32 Å². The minimum absolute atomic E-state index is 0.150. The van der Waals surface area contributed by atoms with Gasteiger partial charge in [-0.2, -0.15) is 0 Å². The van der Waals surface area contributed by atoms with E-state index in [0.717, 1.165) is 25.5 Å². The van der Waals surface area contributed by atoms with Crippen LogP contribution in [0.15, 0.2) is 23.1 Å². The summed E-state index contributed by atoms with van der Waals surface area (Å²) in [6.45, 7) is 4.42. The normalized spacial score (nSPS) is 22.5. The SMILES string of the molecule is CC1(C)CCCC(Nc2cc(S(C)(=O)=O)ccc2F)C1. The lowest BCUT2D eigenvalue weighted by atomic mass is 9.75. The van der Waals surface area contributed by atoms with Crippen molar-refractivity contribution < 1.29 is 12.8 Å². The van der Waals surface area contributed by atoms with E-state index in [2.05, 4.69) is 19.2 Å². The van der Waals surface area contributed by atoms with Crippen LogP contribution in [0.4, 0.5) is 10.1 Å². The summed E-state index contributed by atoms with van der Waals surface area (Å²) in [6, 6.07) is 4.11. The van der Waals surface area contributed by atoms with Crippen LogP contribution in [0.1, 0.15) is 39.5 Å². The molecule has 1 aromatic carbocycles. The van der Waals surface area contributed by atoms with Crippen molar-refractivity contribution in [1.29, 1.82) is 0 Å². The van der Waals surface area contributed by atoms with Crippen molar-refractivity contribution in [3.63, 3.8) is 0 Å². The molecule has 1 aliphatic rings. The average Bonchev–Trinajstić information content (AvgIpc) is 2.29. The summed E-state index contributed by atoms with van der Waals surface area (Å²) in [4.78, 5) is 0.150. The Morgan fingerprint density at radius 1 is 1.35 bits per heavy atom. The first-order valence-corrected chi connectivity index (χ1v) is 8.83. The van der Waals surface area contributed by atoms with E-state index in [9.17, 15) is 12.8 Å². The first-order chi connectivity index (χ1) is 9.17. The molecular weight excluding hydrogens is 277 g/mol. The van der Waals surface area contributed by atoms with Crippen LogP contribution in [-0.2, 0) is 9.84 Å². The zero-order valence-electron chi connectivity index (χ0n) is 12.2. The first kappa shape index (κ1) is 15.3. The number of anilines is 1. The molecule has 112 valence electrons. The quantitative estimate of drug-likeness (QED) is 0.867. The molecule has 20 heavy (non-hydrogen) atoms. The number of nitrogens with one attached hydrogen (secondary N) is 1. The van der Waals surface area contributed by atoms with Crippen LogP contribution < -0.4 is 5.32 Å². The van der Waals surface area contributed by atoms with Crippen molar-refractivity contribution in [2.45, 2.75) is 50.5 Å². The second-order valence-electron chi connectivity index (χ2n) is 6.52. The number of halogens is 1. The van der Waals surface area contributed by atoms with E-state index in [0.29, 0.717) is 0 Å². The van der Waals surface area contributed by atoms with Crippen LogP contribution in [-0.4, -0.2) is 20.7 Å². The molecule has 0 bridgehead atoms. The molecule has 5 heteroatoms. The topological polar surface area (TPSA) is 46.2 Å². The summed E-state index contributed by atoms with van der Waals surface area (Å²) in [7, 11) is -3.31. The average molecular weight is 299 g/mol. The van der Waals surface area contributed by atoms with Gasteiger partial charge in [0.1, 0.15) is 5.82 Å². The van der Waals surface area contributed by atoms with Gasteiger partial charge in [0.05, 0.1) is 10.6 Å². The van der Waals surface area contributed by atoms with Crippen molar-refractivity contribution in [3.8, 4) is 0 Å². The lowest BCUT2D eigenvalue weighted by Gasteiger charge is -2.36. The van der Waals surface area contributed by atoms with E-state index < -0.39 is 15.7 Å². The third-order valence-electron chi connectivity index (χ3n) is 3.93. The summed E-state index contributed by atoms with van der Waals surface area (Å²) in [5, 5.41) is 3.18. The number of rotatable bonds is 3. The van der Waals surface area contributed by atoms with Crippen LogP contribution in [0, 0.1) is 11.2 Å². The standard InChI is InChI=1S/C15H22FNO2S/c1-15(2)8-4-5-11(10-15)17-14-9-12(20(3,18)19)6-7-13(14)16/h6-7,9,11,17H,4-5,8,10H2,1-3H3. The third-order valence-corrected chi connectivity index (χ3v) is 5.04. The van der Waals surface area contributed by atoms with E-state index >= 15 is 0 Å². The summed E-state index contributed by atoms with van der Waals surface area (Å²) >= 11 is 0. The van der Waals surface area contributed by atoms with Crippen molar-refractivity contribution in [1.82, 2.24) is 0 Å². The Morgan fingerprint density at radius 3 is 2.65 bits per heavy atom. The molecule has 1 saturated carbocycles. The van der Waals surface area contributed by atoms with Gasteiger partial charge in [-0.1, -0.05) is 20.3 Å². The molecule has 1 aliphatic carbocycles. The lowest BCUT2D eigenvalue weighted by Crippen LogP contribution is -2.32. The Kier molecular flexibility index (Phi) is 4.09. The minimum atomic E-state index is -3.31. The summed E-state index contributed by atoms with van der Waals surface area (Å²) in [5.74, 6) is -0.402. The molecule has 0 aromatic heterocycles. The highest BCUT2D eigenvalue weighted by Gasteiger charge is 2.28. The molecule has 2 rings (SSSR count). The van der Waals surface area contributed by atoms with Crippen LogP contribution in [0.2, 0.25) is 0 Å². The van der Waals surface area contributed by atoms with Crippen molar-refractivity contribution in [2.24, 2.45) is 5.41 Å². The molecule has 0 amide bonds. The molecule has 1 aromatic rings. The van der Waals surface area contributed by atoms with E-state index in [4.69, 9.17) is 0 Å². The van der Waals surface area contributed by atoms with Gasteiger partial charge in [-0.05, 0) is 42.9 Å². The second-order valence-corrected chi connectivity index (χ2v) is 8.53. The van der Waals surface area contributed by atoms with Gasteiger partial charge in [-0.15, -0.1) is 0 Å². The van der Waals surface area contributed by atoms with Crippen molar-refractivity contribution in [3.05, 3.63) is 24.0 Å². The van der Waals surface area contributed by atoms with Crippen LogP contribution in [0.5, 0.6) is 0 Å². The van der Waals surface area contributed by atoms with Crippen LogP contribution >= 0.6 is 0 Å². The molecular formula is C15H22FNO2S. The highest BCUT2D eigenvalue weighted by molar-refractivity contribution is 7.90. The molecule has 0 spiro atoms. The maximum atomic E-state index is 13.8. The lowest BCUT2D eigenvalue weighted by molar-refractivity contribution is 0.229. The highest BCUT2D eigenvalue weighted by atomic mass is 32.2. The van der Waals surface area contributed by atoms with Gasteiger partial charge in [0.2, 0.25) is 0 Å². The Morgan fingerprint density at radius 2 is 2.05 bits per heavy atom. The Hall–Kier alpha value is -1.10. The smallest absolute Gasteiger partial charge is 0.175 e. The fourth-order valence-electron chi connectivity index (χ4n) is 2.89. The summed E-state index contributed by atoms with van der Waals surface area (Å²) < 4.78 is 36.9. The predicted molar refractivity (Wildman–Crippen MR) is 79.2 cm³/mol. The summed E-state index contributed by atoms with van der Waals surface area (Å²) in [5.41, 5.74) is 0.538. The maximum absolute atomic E-state index is 13.8. The van der Waals surface area contributed by atoms with E-state index in [1.165, 1.54) is 24.6 Å². The Balaban J connectivity index is 2.21. The maximum Gasteiger partial charge on any atom is 0.175 e. The summed E-state index contributed by atoms with van der Waals surface area (Å²) in [6.07, 6.45) is 5.38. The second kappa shape index (κ2) is 5.35. The first-order valence-electron chi connectivity index (χ1n) is 6.94. The van der Waals surface area contributed by atoms with Gasteiger partial charge >= 0.3 is 0 Å². The fourth-order valence-corrected chi connectivity index (χ4v) is 3.53. The number of sulfone groups is 1.